The van der Waals surface area contributed by atoms with Gasteiger partial charge < -0.3 is 14.8 Å². The Kier molecular flexibility index (Phi) is 7.14. The van der Waals surface area contributed by atoms with Crippen LogP contribution in [0.4, 0.5) is 5.00 Å². The molecule has 2 amide bonds. The molecule has 0 aliphatic heterocycles. The number of para-hydroxylation sites is 1. The van der Waals surface area contributed by atoms with Crippen LogP contribution in [0.1, 0.15) is 42.5 Å². The maximum Gasteiger partial charge on any atom is 0.353 e. The molecule has 0 spiro atoms. The van der Waals surface area contributed by atoms with Crippen LogP contribution in [0.25, 0.3) is 0 Å². The summed E-state index contributed by atoms with van der Waals surface area (Å²) in [5, 5.41) is 8.33. The number of anilines is 1. The van der Waals surface area contributed by atoms with Crippen molar-refractivity contribution in [1.29, 1.82) is 0 Å². The van der Waals surface area contributed by atoms with Crippen molar-refractivity contribution in [3.8, 4) is 5.75 Å². The van der Waals surface area contributed by atoms with E-state index in [-0.39, 0.29) is 10.8 Å². The van der Waals surface area contributed by atoms with Crippen molar-refractivity contribution in [2.75, 3.05) is 12.4 Å². The van der Waals surface area contributed by atoms with Gasteiger partial charge in [0, 0.05) is 10.4 Å². The van der Waals surface area contributed by atoms with E-state index in [2.05, 4.69) is 15.8 Å². The first kappa shape index (κ1) is 23.3. The molecule has 0 atom stereocenters. The summed E-state index contributed by atoms with van der Waals surface area (Å²) in [5.74, 6) is -2.81. The number of hydrogen-bond acceptors (Lipinski definition) is 9. The fourth-order valence-corrected chi connectivity index (χ4v) is 5.28. The van der Waals surface area contributed by atoms with Crippen molar-refractivity contribution >= 4 is 57.6 Å². The van der Waals surface area contributed by atoms with Gasteiger partial charge in [-0.15, -0.1) is 22.7 Å². The largest absolute Gasteiger partial charge is 0.465 e. The topological polar surface area (TPSA) is 123 Å². The van der Waals surface area contributed by atoms with E-state index < -0.39 is 23.8 Å². The number of esters is 2. The lowest BCUT2D eigenvalue weighted by Gasteiger charge is -2.07. The summed E-state index contributed by atoms with van der Waals surface area (Å²) >= 11 is 2.52. The molecule has 3 aromatic rings. The van der Waals surface area contributed by atoms with Gasteiger partial charge in [-0.25, -0.2) is 15.0 Å². The van der Waals surface area contributed by atoms with E-state index in [4.69, 9.17) is 9.47 Å². The summed E-state index contributed by atoms with van der Waals surface area (Å²) in [7, 11) is 1.27. The summed E-state index contributed by atoms with van der Waals surface area (Å²) in [6, 6.07) is 10.0. The van der Waals surface area contributed by atoms with Gasteiger partial charge in [-0.05, 0) is 48.4 Å². The van der Waals surface area contributed by atoms with Gasteiger partial charge >= 0.3 is 23.8 Å². The highest BCUT2D eigenvalue weighted by Crippen LogP contribution is 2.39. The van der Waals surface area contributed by atoms with Gasteiger partial charge in [0.05, 0.1) is 18.9 Å². The van der Waals surface area contributed by atoms with Crippen LogP contribution in [-0.4, -0.2) is 37.1 Å². The number of thiophene rings is 2. The van der Waals surface area contributed by atoms with E-state index in [1.165, 1.54) is 36.0 Å². The van der Waals surface area contributed by atoms with Gasteiger partial charge in [0.15, 0.2) is 0 Å². The number of benzene rings is 1. The Bertz CT molecular complexity index is 1280. The molecule has 2 N–H and O–H groups in total. The molecule has 1 aliphatic carbocycles. The third kappa shape index (κ3) is 5.05. The van der Waals surface area contributed by atoms with Crippen molar-refractivity contribution in [2.24, 2.45) is 5.10 Å². The first-order valence-corrected chi connectivity index (χ1v) is 11.9. The van der Waals surface area contributed by atoms with E-state index in [1.807, 2.05) is 0 Å². The zero-order valence-electron chi connectivity index (χ0n) is 18.0. The van der Waals surface area contributed by atoms with E-state index in [0.717, 1.165) is 29.7 Å². The minimum absolute atomic E-state index is 0.249. The summed E-state index contributed by atoms with van der Waals surface area (Å²) in [6.45, 7) is 0. The molecule has 34 heavy (non-hydrogen) atoms. The molecular formula is C23H19N3O6S2. The quantitative estimate of drug-likeness (QED) is 0.177. The van der Waals surface area contributed by atoms with Gasteiger partial charge in [-0.1, -0.05) is 18.2 Å². The number of carbonyl (C=O) groups is 4. The van der Waals surface area contributed by atoms with E-state index in [1.54, 1.807) is 41.8 Å². The molecule has 2 aromatic heterocycles. The molecule has 1 aromatic carbocycles. The van der Waals surface area contributed by atoms with Crippen LogP contribution in [-0.2, 0) is 27.2 Å². The molecule has 0 bridgehead atoms. The number of methoxy groups -OCH3 is 1. The number of nitrogens with zero attached hydrogens (tertiary/aromatic N) is 1. The van der Waals surface area contributed by atoms with Crippen molar-refractivity contribution in [3.63, 3.8) is 0 Å². The van der Waals surface area contributed by atoms with Gasteiger partial charge in [-0.3, -0.25) is 9.59 Å². The summed E-state index contributed by atoms with van der Waals surface area (Å²) < 4.78 is 10.2. The zero-order chi connectivity index (χ0) is 24.1. The van der Waals surface area contributed by atoms with Crippen molar-refractivity contribution < 1.29 is 28.7 Å². The standard InChI is InChI=1S/C23H19N3O6S2/c1-31-23(30)18-14-7-4-9-16(14)34-21(18)25-19(27)20(28)26-24-12-13-6-2-3-8-15(13)32-22(29)17-10-5-11-33-17/h2-3,5-6,8,10-12H,4,7,9H2,1H3,(H,25,27)(H,26,28)/b24-12+. The highest BCUT2D eigenvalue weighted by Gasteiger charge is 2.29. The smallest absolute Gasteiger partial charge is 0.353 e. The molecule has 0 unspecified atom stereocenters. The highest BCUT2D eigenvalue weighted by molar-refractivity contribution is 7.17. The van der Waals surface area contributed by atoms with E-state index in [0.29, 0.717) is 16.0 Å². The SMILES string of the molecule is COC(=O)c1c(NC(=O)C(=O)N/N=C/c2ccccc2OC(=O)c2cccs2)sc2c1CCC2. The number of rotatable bonds is 6. The number of ether oxygens (including phenoxy) is 2. The van der Waals surface area contributed by atoms with Crippen LogP contribution < -0.4 is 15.5 Å². The zero-order valence-corrected chi connectivity index (χ0v) is 19.6. The minimum atomic E-state index is -1.02. The van der Waals surface area contributed by atoms with Gasteiger partial charge in [0.1, 0.15) is 15.6 Å². The molecule has 9 nitrogen and oxygen atoms in total. The van der Waals surface area contributed by atoms with E-state index >= 15 is 0 Å². The molecule has 11 heteroatoms. The second-order valence-electron chi connectivity index (χ2n) is 7.11. The molecule has 2 heterocycles. The molecule has 174 valence electrons. The van der Waals surface area contributed by atoms with Crippen LogP contribution in [0.15, 0.2) is 46.9 Å². The number of hydrogen-bond donors (Lipinski definition) is 2. The number of nitrogens with one attached hydrogen (secondary N) is 2. The number of aryl methyl sites for hydroxylation is 1. The number of amides is 2. The molecule has 0 saturated heterocycles. The average Bonchev–Trinajstić information content (AvgIpc) is 3.57. The van der Waals surface area contributed by atoms with Crippen LogP contribution in [0.5, 0.6) is 5.75 Å². The molecule has 0 radical (unpaired) electrons. The Morgan fingerprint density at radius 3 is 2.62 bits per heavy atom. The molecule has 4 rings (SSSR count). The lowest BCUT2D eigenvalue weighted by atomic mass is 10.1. The molecular weight excluding hydrogens is 478 g/mol. The van der Waals surface area contributed by atoms with Crippen molar-refractivity contribution in [3.05, 3.63) is 68.2 Å². The maximum absolute atomic E-state index is 12.4. The monoisotopic (exact) mass is 497 g/mol. The maximum atomic E-state index is 12.4. The molecule has 0 saturated carbocycles. The third-order valence-corrected chi connectivity index (χ3v) is 7.02. The third-order valence-electron chi connectivity index (χ3n) is 4.96. The lowest BCUT2D eigenvalue weighted by molar-refractivity contribution is -0.136. The van der Waals surface area contributed by atoms with Gasteiger partial charge in [-0.2, -0.15) is 5.10 Å². The predicted octanol–water partition coefficient (Wildman–Crippen LogP) is 3.39. The minimum Gasteiger partial charge on any atom is -0.465 e. The van der Waals surface area contributed by atoms with Crippen LogP contribution in [0, 0.1) is 0 Å². The number of carbonyl (C=O) groups excluding carboxylic acids is 4. The Balaban J connectivity index is 1.40. The first-order valence-electron chi connectivity index (χ1n) is 10.2. The van der Waals surface area contributed by atoms with E-state index in [9.17, 15) is 19.2 Å². The molecule has 1 aliphatic rings. The summed E-state index contributed by atoms with van der Waals surface area (Å²) in [4.78, 5) is 50.5. The highest BCUT2D eigenvalue weighted by atomic mass is 32.1. The first-order chi connectivity index (χ1) is 16.5. The lowest BCUT2D eigenvalue weighted by Crippen LogP contribution is -2.32. The summed E-state index contributed by atoms with van der Waals surface area (Å²) in [6.07, 6.45) is 3.73. The summed E-state index contributed by atoms with van der Waals surface area (Å²) in [5.41, 5.74) is 3.72. The Morgan fingerprint density at radius 1 is 1.03 bits per heavy atom. The fraction of sp³-hybridized carbons (Fsp3) is 0.174. The van der Waals surface area contributed by atoms with Crippen molar-refractivity contribution in [2.45, 2.75) is 19.3 Å². The Hall–Kier alpha value is -3.83. The number of fused-ring (bicyclic) bond motifs is 1. The Morgan fingerprint density at radius 2 is 1.85 bits per heavy atom. The van der Waals surface area contributed by atoms with Crippen molar-refractivity contribution in [1.82, 2.24) is 5.43 Å². The van der Waals surface area contributed by atoms with Crippen LogP contribution in [0.2, 0.25) is 0 Å². The predicted molar refractivity (Wildman–Crippen MR) is 128 cm³/mol. The number of hydrazone groups is 1. The van der Waals surface area contributed by atoms with Crippen LogP contribution in [0.3, 0.4) is 0 Å². The molecule has 0 fully saturated rings. The van der Waals surface area contributed by atoms with Crippen LogP contribution >= 0.6 is 22.7 Å². The Labute approximate surface area is 202 Å². The van der Waals surface area contributed by atoms with Gasteiger partial charge in [0.2, 0.25) is 0 Å². The normalized spacial score (nSPS) is 12.3. The van der Waals surface area contributed by atoms with Gasteiger partial charge in [0.25, 0.3) is 0 Å². The fourth-order valence-electron chi connectivity index (χ4n) is 3.41. The second kappa shape index (κ2) is 10.4. The average molecular weight is 498 g/mol. The second-order valence-corrected chi connectivity index (χ2v) is 9.16.